The number of aromatic nitrogens is 3. The van der Waals surface area contributed by atoms with Crippen LogP contribution >= 0.6 is 11.6 Å². The number of ether oxygens (including phenoxy) is 1. The Kier molecular flexibility index (Phi) is 5.88. The van der Waals surface area contributed by atoms with Crippen molar-refractivity contribution in [2.75, 3.05) is 10.6 Å². The Morgan fingerprint density at radius 1 is 1.03 bits per heavy atom. The zero-order chi connectivity index (χ0) is 22.9. The SMILES string of the molecule is CC(C)(C)OC(=O)Nc1ccc(NC(=O)c2nc(C3CC3)n(-c3ccccc3Cl)n2)cc1. The van der Waals surface area contributed by atoms with Gasteiger partial charge in [-0.1, -0.05) is 23.7 Å². The maximum atomic E-state index is 12.8. The highest BCUT2D eigenvalue weighted by atomic mass is 35.5. The van der Waals surface area contributed by atoms with Gasteiger partial charge in [-0.3, -0.25) is 10.1 Å². The largest absolute Gasteiger partial charge is 0.444 e. The van der Waals surface area contributed by atoms with Crippen molar-refractivity contribution in [2.24, 2.45) is 0 Å². The highest BCUT2D eigenvalue weighted by Gasteiger charge is 2.32. The molecule has 0 saturated heterocycles. The van der Waals surface area contributed by atoms with Crippen molar-refractivity contribution >= 4 is 35.0 Å². The average Bonchev–Trinajstić information content (AvgIpc) is 3.47. The number of para-hydroxylation sites is 1. The molecular weight excluding hydrogens is 430 g/mol. The lowest BCUT2D eigenvalue weighted by Gasteiger charge is -2.19. The molecule has 2 amide bonds. The minimum atomic E-state index is -0.586. The van der Waals surface area contributed by atoms with E-state index in [4.69, 9.17) is 16.3 Å². The van der Waals surface area contributed by atoms with Crippen molar-refractivity contribution < 1.29 is 14.3 Å². The topological polar surface area (TPSA) is 98.1 Å². The van der Waals surface area contributed by atoms with Crippen LogP contribution in [0.4, 0.5) is 16.2 Å². The predicted octanol–water partition coefficient (Wildman–Crippen LogP) is 5.40. The summed E-state index contributed by atoms with van der Waals surface area (Å²) < 4.78 is 6.88. The standard InChI is InChI=1S/C23H24ClN5O3/c1-23(2,3)32-22(31)26-16-12-10-15(11-13-16)25-21(30)19-27-20(14-8-9-14)29(28-19)18-7-5-4-6-17(18)24/h4-7,10-14H,8-9H2,1-3H3,(H,25,30)(H,26,31). The third-order valence-corrected chi connectivity index (χ3v) is 4.97. The third-order valence-electron chi connectivity index (χ3n) is 4.65. The molecule has 0 unspecified atom stereocenters. The highest BCUT2D eigenvalue weighted by molar-refractivity contribution is 6.32. The van der Waals surface area contributed by atoms with E-state index in [0.717, 1.165) is 18.7 Å². The summed E-state index contributed by atoms with van der Waals surface area (Å²) >= 11 is 6.33. The van der Waals surface area contributed by atoms with Gasteiger partial charge in [-0.2, -0.15) is 0 Å². The molecule has 0 atom stereocenters. The summed E-state index contributed by atoms with van der Waals surface area (Å²) in [5.41, 5.74) is 1.21. The summed E-state index contributed by atoms with van der Waals surface area (Å²) in [7, 11) is 0. The number of carbonyl (C=O) groups is 2. The first-order valence-electron chi connectivity index (χ1n) is 10.3. The molecule has 2 N–H and O–H groups in total. The zero-order valence-corrected chi connectivity index (χ0v) is 18.8. The molecule has 0 spiro atoms. The molecule has 1 aliphatic carbocycles. The minimum Gasteiger partial charge on any atom is -0.444 e. The van der Waals surface area contributed by atoms with Crippen LogP contribution in [0.25, 0.3) is 5.69 Å². The third kappa shape index (κ3) is 5.26. The van der Waals surface area contributed by atoms with Gasteiger partial charge in [-0.25, -0.2) is 14.5 Å². The van der Waals surface area contributed by atoms with E-state index < -0.39 is 17.6 Å². The maximum absolute atomic E-state index is 12.8. The predicted molar refractivity (Wildman–Crippen MR) is 123 cm³/mol. The number of benzene rings is 2. The number of halogens is 1. The summed E-state index contributed by atoms with van der Waals surface area (Å²) in [5, 5.41) is 10.4. The van der Waals surface area contributed by atoms with E-state index >= 15 is 0 Å². The second-order valence-corrected chi connectivity index (χ2v) is 9.00. The van der Waals surface area contributed by atoms with Crippen molar-refractivity contribution in [3.05, 3.63) is 65.2 Å². The number of hydrogen-bond donors (Lipinski definition) is 2. The maximum Gasteiger partial charge on any atom is 0.412 e. The monoisotopic (exact) mass is 453 g/mol. The second kappa shape index (κ2) is 8.63. The van der Waals surface area contributed by atoms with Crippen LogP contribution in [-0.4, -0.2) is 32.4 Å². The lowest BCUT2D eigenvalue weighted by Crippen LogP contribution is -2.27. The van der Waals surface area contributed by atoms with Gasteiger partial charge in [-0.05, 0) is 70.0 Å². The van der Waals surface area contributed by atoms with E-state index in [1.165, 1.54) is 0 Å². The first-order chi connectivity index (χ1) is 15.2. The number of anilines is 2. The van der Waals surface area contributed by atoms with Gasteiger partial charge < -0.3 is 10.1 Å². The van der Waals surface area contributed by atoms with E-state index in [1.54, 1.807) is 55.8 Å². The molecule has 32 heavy (non-hydrogen) atoms. The van der Waals surface area contributed by atoms with Crippen molar-refractivity contribution in [2.45, 2.75) is 45.1 Å². The lowest BCUT2D eigenvalue weighted by molar-refractivity contribution is 0.0635. The van der Waals surface area contributed by atoms with Gasteiger partial charge in [-0.15, -0.1) is 5.10 Å². The Bertz CT molecular complexity index is 1150. The number of nitrogens with zero attached hydrogens (tertiary/aromatic N) is 3. The van der Waals surface area contributed by atoms with Crippen LogP contribution < -0.4 is 10.6 Å². The van der Waals surface area contributed by atoms with E-state index in [9.17, 15) is 9.59 Å². The van der Waals surface area contributed by atoms with E-state index in [0.29, 0.717) is 22.1 Å². The molecule has 1 aromatic heterocycles. The van der Waals surface area contributed by atoms with Gasteiger partial charge in [0.05, 0.1) is 10.7 Å². The zero-order valence-electron chi connectivity index (χ0n) is 18.1. The van der Waals surface area contributed by atoms with Crippen LogP contribution in [0.5, 0.6) is 0 Å². The molecule has 3 aromatic rings. The normalized spacial score (nSPS) is 13.5. The average molecular weight is 454 g/mol. The van der Waals surface area contributed by atoms with E-state index in [1.807, 2.05) is 18.2 Å². The van der Waals surface area contributed by atoms with Gasteiger partial charge in [0.15, 0.2) is 0 Å². The summed E-state index contributed by atoms with van der Waals surface area (Å²) in [5.74, 6) is 0.659. The van der Waals surface area contributed by atoms with Gasteiger partial charge in [0.25, 0.3) is 5.91 Å². The molecule has 1 aliphatic rings. The molecule has 0 bridgehead atoms. The van der Waals surface area contributed by atoms with Crippen molar-refractivity contribution in [3.8, 4) is 5.69 Å². The molecule has 1 saturated carbocycles. The van der Waals surface area contributed by atoms with Crippen LogP contribution in [0.1, 0.15) is 56.0 Å². The first kappa shape index (κ1) is 21.8. The van der Waals surface area contributed by atoms with Gasteiger partial charge >= 0.3 is 6.09 Å². The second-order valence-electron chi connectivity index (χ2n) is 8.59. The fraction of sp³-hybridized carbons (Fsp3) is 0.304. The van der Waals surface area contributed by atoms with Crippen LogP contribution in [0.2, 0.25) is 5.02 Å². The Morgan fingerprint density at radius 3 is 2.25 bits per heavy atom. The molecule has 0 radical (unpaired) electrons. The summed E-state index contributed by atoms with van der Waals surface area (Å²) in [6.07, 6.45) is 1.48. The molecule has 1 fully saturated rings. The Balaban J connectivity index is 1.47. The van der Waals surface area contributed by atoms with Gasteiger partial charge in [0, 0.05) is 17.3 Å². The summed E-state index contributed by atoms with van der Waals surface area (Å²) in [4.78, 5) is 29.2. The van der Waals surface area contributed by atoms with Gasteiger partial charge in [0.1, 0.15) is 11.4 Å². The minimum absolute atomic E-state index is 0.0720. The quantitative estimate of drug-likeness (QED) is 0.539. The summed E-state index contributed by atoms with van der Waals surface area (Å²) in [6.45, 7) is 5.38. The molecule has 2 aromatic carbocycles. The fourth-order valence-corrected chi connectivity index (χ4v) is 3.29. The smallest absolute Gasteiger partial charge is 0.412 e. The van der Waals surface area contributed by atoms with Crippen molar-refractivity contribution in [1.29, 1.82) is 0 Å². The molecule has 1 heterocycles. The van der Waals surface area contributed by atoms with Crippen LogP contribution in [0.3, 0.4) is 0 Å². The molecule has 0 aliphatic heterocycles. The van der Waals surface area contributed by atoms with Crippen LogP contribution in [0.15, 0.2) is 48.5 Å². The molecule has 166 valence electrons. The Morgan fingerprint density at radius 2 is 1.66 bits per heavy atom. The number of rotatable bonds is 5. The number of carbonyl (C=O) groups excluding carboxylic acids is 2. The van der Waals surface area contributed by atoms with Crippen molar-refractivity contribution in [1.82, 2.24) is 14.8 Å². The number of hydrogen-bond acceptors (Lipinski definition) is 5. The fourth-order valence-electron chi connectivity index (χ4n) is 3.07. The highest BCUT2D eigenvalue weighted by Crippen LogP contribution is 2.40. The number of amides is 2. The molecule has 4 rings (SSSR count). The lowest BCUT2D eigenvalue weighted by atomic mass is 10.2. The van der Waals surface area contributed by atoms with E-state index in [2.05, 4.69) is 20.7 Å². The van der Waals surface area contributed by atoms with Gasteiger partial charge in [0.2, 0.25) is 5.82 Å². The van der Waals surface area contributed by atoms with Crippen LogP contribution in [0, 0.1) is 0 Å². The molecule has 9 heteroatoms. The molecule has 8 nitrogen and oxygen atoms in total. The first-order valence-corrected chi connectivity index (χ1v) is 10.7. The Hall–Kier alpha value is -3.39. The molecular formula is C23H24ClN5O3. The van der Waals surface area contributed by atoms with E-state index in [-0.39, 0.29) is 11.7 Å². The summed E-state index contributed by atoms with van der Waals surface area (Å²) in [6, 6.07) is 14.0. The van der Waals surface area contributed by atoms with Crippen molar-refractivity contribution in [3.63, 3.8) is 0 Å². The van der Waals surface area contributed by atoms with Crippen LogP contribution in [-0.2, 0) is 4.74 Å². The number of nitrogens with one attached hydrogen (secondary N) is 2. The Labute approximate surface area is 190 Å².